The molecule has 7 nitrogen and oxygen atoms in total. The van der Waals surface area contributed by atoms with Crippen LogP contribution < -0.4 is 10.6 Å². The number of carboxylic acids is 1. The standard InChI is InChI=1S/C13H18N4O3/c18-12(19)11-3-1-2-9(11)6-15-13(20)16-7-10-4-5-14-8-17-10/h4-5,8-9,11H,1-3,6-7H2,(H,18,19)(H2,15,16,20). The Hall–Kier alpha value is -2.18. The summed E-state index contributed by atoms with van der Waals surface area (Å²) >= 11 is 0. The number of amides is 2. The molecular formula is C13H18N4O3. The van der Waals surface area contributed by atoms with Crippen LogP contribution >= 0.6 is 0 Å². The van der Waals surface area contributed by atoms with Crippen LogP contribution in [0.2, 0.25) is 0 Å². The number of carbonyl (C=O) groups is 2. The third kappa shape index (κ3) is 3.91. The third-order valence-corrected chi connectivity index (χ3v) is 3.57. The predicted molar refractivity (Wildman–Crippen MR) is 70.7 cm³/mol. The highest BCUT2D eigenvalue weighted by Crippen LogP contribution is 2.31. The lowest BCUT2D eigenvalue weighted by molar-refractivity contribution is -0.142. The van der Waals surface area contributed by atoms with Gasteiger partial charge in [-0.1, -0.05) is 6.42 Å². The van der Waals surface area contributed by atoms with Crippen molar-refractivity contribution in [2.45, 2.75) is 25.8 Å². The van der Waals surface area contributed by atoms with E-state index in [1.54, 1.807) is 12.3 Å². The molecule has 108 valence electrons. The van der Waals surface area contributed by atoms with E-state index in [0.717, 1.165) is 18.5 Å². The molecule has 0 aliphatic heterocycles. The molecule has 7 heteroatoms. The van der Waals surface area contributed by atoms with Gasteiger partial charge in [-0.15, -0.1) is 0 Å². The van der Waals surface area contributed by atoms with Crippen LogP contribution in [-0.4, -0.2) is 33.6 Å². The second-order valence-corrected chi connectivity index (χ2v) is 4.90. The Bertz CT molecular complexity index is 466. The molecule has 2 amide bonds. The first kappa shape index (κ1) is 14.2. The van der Waals surface area contributed by atoms with Gasteiger partial charge in [-0.05, 0) is 24.8 Å². The normalized spacial score (nSPS) is 21.4. The fraction of sp³-hybridized carbons (Fsp3) is 0.538. The summed E-state index contributed by atoms with van der Waals surface area (Å²) in [5.74, 6) is -1.08. The first-order valence-electron chi connectivity index (χ1n) is 6.66. The number of aromatic nitrogens is 2. The van der Waals surface area contributed by atoms with E-state index in [-0.39, 0.29) is 17.9 Å². The minimum absolute atomic E-state index is 0.0253. The van der Waals surface area contributed by atoms with Gasteiger partial charge in [0.2, 0.25) is 0 Å². The van der Waals surface area contributed by atoms with Crippen molar-refractivity contribution in [1.82, 2.24) is 20.6 Å². The fourth-order valence-corrected chi connectivity index (χ4v) is 2.49. The topological polar surface area (TPSA) is 104 Å². The van der Waals surface area contributed by atoms with E-state index in [4.69, 9.17) is 5.11 Å². The lowest BCUT2D eigenvalue weighted by atomic mass is 9.96. The molecule has 2 unspecified atom stereocenters. The minimum Gasteiger partial charge on any atom is -0.481 e. The number of urea groups is 1. The average Bonchev–Trinajstić information content (AvgIpc) is 2.92. The minimum atomic E-state index is -0.768. The summed E-state index contributed by atoms with van der Waals surface area (Å²) in [4.78, 5) is 30.4. The Labute approximate surface area is 116 Å². The van der Waals surface area contributed by atoms with Gasteiger partial charge in [-0.25, -0.2) is 14.8 Å². The molecule has 20 heavy (non-hydrogen) atoms. The number of rotatable bonds is 5. The molecule has 1 saturated carbocycles. The van der Waals surface area contributed by atoms with Crippen molar-refractivity contribution in [3.05, 3.63) is 24.3 Å². The molecule has 0 bridgehead atoms. The number of nitrogens with zero attached hydrogens (tertiary/aromatic N) is 2. The van der Waals surface area contributed by atoms with Gasteiger partial charge >= 0.3 is 12.0 Å². The van der Waals surface area contributed by atoms with Gasteiger partial charge < -0.3 is 15.7 Å². The van der Waals surface area contributed by atoms with E-state index < -0.39 is 5.97 Å². The van der Waals surface area contributed by atoms with Crippen molar-refractivity contribution in [3.63, 3.8) is 0 Å². The van der Waals surface area contributed by atoms with Crippen molar-refractivity contribution >= 4 is 12.0 Å². The SMILES string of the molecule is O=C(NCc1ccncn1)NCC1CCCC1C(=O)O. The van der Waals surface area contributed by atoms with Crippen molar-refractivity contribution in [1.29, 1.82) is 0 Å². The van der Waals surface area contributed by atoms with Crippen LogP contribution in [0.1, 0.15) is 25.0 Å². The second kappa shape index (κ2) is 6.83. The Morgan fingerprint density at radius 3 is 2.90 bits per heavy atom. The highest BCUT2D eigenvalue weighted by Gasteiger charge is 2.32. The molecule has 0 aromatic carbocycles. The smallest absolute Gasteiger partial charge is 0.315 e. The van der Waals surface area contributed by atoms with Crippen LogP contribution in [-0.2, 0) is 11.3 Å². The summed E-state index contributed by atoms with van der Waals surface area (Å²) in [6.07, 6.45) is 5.49. The largest absolute Gasteiger partial charge is 0.481 e. The highest BCUT2D eigenvalue weighted by molar-refractivity contribution is 5.74. The summed E-state index contributed by atoms with van der Waals surface area (Å²) in [5, 5.41) is 14.5. The van der Waals surface area contributed by atoms with Gasteiger partial charge in [0.1, 0.15) is 6.33 Å². The first-order valence-corrected chi connectivity index (χ1v) is 6.66. The second-order valence-electron chi connectivity index (χ2n) is 4.90. The highest BCUT2D eigenvalue weighted by atomic mass is 16.4. The molecule has 1 heterocycles. The van der Waals surface area contributed by atoms with Gasteiger partial charge in [0.05, 0.1) is 18.2 Å². The molecule has 1 aromatic rings. The number of carboxylic acid groups (broad SMARTS) is 1. The molecule has 2 rings (SSSR count). The van der Waals surface area contributed by atoms with Gasteiger partial charge in [0, 0.05) is 12.7 Å². The van der Waals surface area contributed by atoms with Crippen LogP contribution in [0, 0.1) is 11.8 Å². The Kier molecular flexibility index (Phi) is 4.86. The van der Waals surface area contributed by atoms with Crippen molar-refractivity contribution in [2.75, 3.05) is 6.54 Å². The maximum Gasteiger partial charge on any atom is 0.315 e. The zero-order chi connectivity index (χ0) is 14.4. The molecule has 0 spiro atoms. The summed E-state index contributed by atoms with van der Waals surface area (Å²) in [6.45, 7) is 0.716. The van der Waals surface area contributed by atoms with Crippen LogP contribution in [0.4, 0.5) is 4.79 Å². The summed E-state index contributed by atoms with van der Waals surface area (Å²) < 4.78 is 0. The zero-order valence-electron chi connectivity index (χ0n) is 11.1. The van der Waals surface area contributed by atoms with Gasteiger partial charge in [0.25, 0.3) is 0 Å². The molecular weight excluding hydrogens is 260 g/mol. The number of carbonyl (C=O) groups excluding carboxylic acids is 1. The molecule has 0 saturated heterocycles. The first-order chi connectivity index (χ1) is 9.66. The Balaban J connectivity index is 1.71. The number of hydrogen-bond acceptors (Lipinski definition) is 4. The lowest BCUT2D eigenvalue weighted by Crippen LogP contribution is -2.39. The third-order valence-electron chi connectivity index (χ3n) is 3.57. The molecule has 2 atom stereocenters. The monoisotopic (exact) mass is 278 g/mol. The van der Waals surface area contributed by atoms with Gasteiger partial charge in [0.15, 0.2) is 0 Å². The fourth-order valence-electron chi connectivity index (χ4n) is 2.49. The molecule has 0 radical (unpaired) electrons. The zero-order valence-corrected chi connectivity index (χ0v) is 11.1. The Morgan fingerprint density at radius 2 is 2.20 bits per heavy atom. The average molecular weight is 278 g/mol. The van der Waals surface area contributed by atoms with E-state index in [1.807, 2.05) is 0 Å². The maximum atomic E-state index is 11.6. The quantitative estimate of drug-likeness (QED) is 0.738. The maximum absolute atomic E-state index is 11.6. The van der Waals surface area contributed by atoms with Crippen molar-refractivity contribution < 1.29 is 14.7 Å². The van der Waals surface area contributed by atoms with E-state index in [0.29, 0.717) is 19.5 Å². The van der Waals surface area contributed by atoms with Crippen LogP contribution in [0.5, 0.6) is 0 Å². The number of hydrogen-bond donors (Lipinski definition) is 3. The van der Waals surface area contributed by atoms with Gasteiger partial charge in [-0.3, -0.25) is 4.79 Å². The van der Waals surface area contributed by atoms with E-state index in [9.17, 15) is 9.59 Å². The van der Waals surface area contributed by atoms with E-state index in [2.05, 4.69) is 20.6 Å². The molecule has 1 fully saturated rings. The summed E-state index contributed by atoms with van der Waals surface area (Å²) in [7, 11) is 0. The molecule has 1 aliphatic carbocycles. The summed E-state index contributed by atoms with van der Waals surface area (Å²) in [5.41, 5.74) is 0.722. The number of aliphatic carboxylic acids is 1. The van der Waals surface area contributed by atoms with E-state index in [1.165, 1.54) is 6.33 Å². The lowest BCUT2D eigenvalue weighted by Gasteiger charge is -2.16. The summed E-state index contributed by atoms with van der Waals surface area (Å²) in [6, 6.07) is 1.41. The van der Waals surface area contributed by atoms with Crippen molar-refractivity contribution in [3.8, 4) is 0 Å². The van der Waals surface area contributed by atoms with Crippen LogP contribution in [0.25, 0.3) is 0 Å². The molecule has 3 N–H and O–H groups in total. The predicted octanol–water partition coefficient (Wildman–Crippen LogP) is 0.777. The molecule has 1 aromatic heterocycles. The van der Waals surface area contributed by atoms with Crippen LogP contribution in [0.15, 0.2) is 18.6 Å². The Morgan fingerprint density at radius 1 is 1.35 bits per heavy atom. The molecule has 1 aliphatic rings. The van der Waals surface area contributed by atoms with E-state index >= 15 is 0 Å². The number of nitrogens with one attached hydrogen (secondary N) is 2. The van der Waals surface area contributed by atoms with Crippen LogP contribution in [0.3, 0.4) is 0 Å². The van der Waals surface area contributed by atoms with Gasteiger partial charge in [-0.2, -0.15) is 0 Å². The van der Waals surface area contributed by atoms with Crippen molar-refractivity contribution in [2.24, 2.45) is 11.8 Å².